The van der Waals surface area contributed by atoms with Gasteiger partial charge in [0.05, 0.1) is 11.7 Å². The summed E-state index contributed by atoms with van der Waals surface area (Å²) in [6.45, 7) is 2.49. The van der Waals surface area contributed by atoms with Gasteiger partial charge in [0.15, 0.2) is 0 Å². The van der Waals surface area contributed by atoms with E-state index in [9.17, 15) is 8.42 Å². The predicted octanol–water partition coefficient (Wildman–Crippen LogP) is 1.33. The minimum Gasteiger partial charge on any atom is -0.256 e. The van der Waals surface area contributed by atoms with Gasteiger partial charge in [-0.05, 0) is 31.9 Å². The molecule has 100 valence electrons. The summed E-state index contributed by atoms with van der Waals surface area (Å²) in [5.41, 5.74) is 1.76. The molecule has 1 aromatic heterocycles. The third-order valence-electron chi connectivity index (χ3n) is 3.21. The topological polar surface area (TPSA) is 53.5 Å². The monoisotopic (exact) mass is 269 g/mol. The van der Waals surface area contributed by atoms with Gasteiger partial charge in [0.2, 0.25) is 0 Å². The van der Waals surface area contributed by atoms with Crippen molar-refractivity contribution < 1.29 is 8.42 Å². The van der Waals surface area contributed by atoms with E-state index < -0.39 is 10.2 Å². The Hall–Kier alpha value is -0.980. The maximum atomic E-state index is 12.2. The fourth-order valence-electron chi connectivity index (χ4n) is 2.27. The van der Waals surface area contributed by atoms with E-state index in [1.54, 1.807) is 18.4 Å². The van der Waals surface area contributed by atoms with E-state index in [4.69, 9.17) is 0 Å². The van der Waals surface area contributed by atoms with Crippen molar-refractivity contribution in [2.75, 3.05) is 20.6 Å². The van der Waals surface area contributed by atoms with Crippen molar-refractivity contribution in [1.29, 1.82) is 0 Å². The first-order valence-corrected chi connectivity index (χ1v) is 7.45. The summed E-state index contributed by atoms with van der Waals surface area (Å²) in [7, 11) is -0.232. The fourth-order valence-corrected chi connectivity index (χ4v) is 3.59. The van der Waals surface area contributed by atoms with Gasteiger partial charge >= 0.3 is 0 Å². The molecule has 0 aromatic carbocycles. The molecule has 1 fully saturated rings. The van der Waals surface area contributed by atoms with Crippen LogP contribution in [0, 0.1) is 6.92 Å². The Labute approximate surface area is 109 Å². The molecule has 6 heteroatoms. The standard InChI is InChI=1S/C12H19N3O2S/c1-10-6-4-7-11(13-10)12-8-5-9-15(12)18(16,17)14(2)3/h4,6-7,12H,5,8-9H2,1-3H3/t12-/m0/s1. The lowest BCUT2D eigenvalue weighted by Gasteiger charge is -2.26. The van der Waals surface area contributed by atoms with Crippen LogP contribution in [0.5, 0.6) is 0 Å². The Kier molecular flexibility index (Phi) is 3.70. The largest absolute Gasteiger partial charge is 0.282 e. The lowest BCUT2D eigenvalue weighted by atomic mass is 10.1. The molecule has 5 nitrogen and oxygen atoms in total. The van der Waals surface area contributed by atoms with Gasteiger partial charge in [0, 0.05) is 26.3 Å². The molecule has 0 bridgehead atoms. The molecular weight excluding hydrogens is 250 g/mol. The van der Waals surface area contributed by atoms with Gasteiger partial charge in [-0.25, -0.2) is 0 Å². The zero-order chi connectivity index (χ0) is 13.3. The highest BCUT2D eigenvalue weighted by molar-refractivity contribution is 7.86. The van der Waals surface area contributed by atoms with E-state index in [0.29, 0.717) is 6.54 Å². The van der Waals surface area contributed by atoms with Crippen LogP contribution in [0.3, 0.4) is 0 Å². The molecule has 0 aliphatic carbocycles. The first-order chi connectivity index (χ1) is 8.43. The molecular formula is C12H19N3O2S. The Bertz CT molecular complexity index is 528. The summed E-state index contributed by atoms with van der Waals surface area (Å²) < 4.78 is 27.3. The van der Waals surface area contributed by atoms with Gasteiger partial charge in [-0.15, -0.1) is 0 Å². The minimum atomic E-state index is -3.36. The second-order valence-electron chi connectivity index (χ2n) is 4.76. The molecule has 1 saturated heterocycles. The SMILES string of the molecule is Cc1cccc([C@@H]2CCCN2S(=O)(=O)N(C)C)n1. The van der Waals surface area contributed by atoms with E-state index in [1.807, 2.05) is 25.1 Å². The van der Waals surface area contributed by atoms with Gasteiger partial charge < -0.3 is 0 Å². The number of rotatable bonds is 3. The quantitative estimate of drug-likeness (QED) is 0.832. The highest BCUT2D eigenvalue weighted by atomic mass is 32.2. The van der Waals surface area contributed by atoms with E-state index in [1.165, 1.54) is 4.31 Å². The molecule has 0 amide bonds. The molecule has 1 aliphatic heterocycles. The van der Waals surface area contributed by atoms with Crippen LogP contribution in [0.4, 0.5) is 0 Å². The van der Waals surface area contributed by atoms with E-state index in [0.717, 1.165) is 24.2 Å². The highest BCUT2D eigenvalue weighted by Crippen LogP contribution is 2.33. The molecule has 0 N–H and O–H groups in total. The second kappa shape index (κ2) is 4.95. The third kappa shape index (κ3) is 2.41. The highest BCUT2D eigenvalue weighted by Gasteiger charge is 2.37. The maximum absolute atomic E-state index is 12.2. The van der Waals surface area contributed by atoms with Gasteiger partial charge in [-0.2, -0.15) is 17.0 Å². The Balaban J connectivity index is 2.34. The smallest absolute Gasteiger partial charge is 0.256 e. The Morgan fingerprint density at radius 3 is 2.72 bits per heavy atom. The number of hydrogen-bond acceptors (Lipinski definition) is 3. The molecule has 0 spiro atoms. The number of aromatic nitrogens is 1. The summed E-state index contributed by atoms with van der Waals surface area (Å²) in [6.07, 6.45) is 1.72. The summed E-state index contributed by atoms with van der Waals surface area (Å²) in [5, 5.41) is 0. The van der Waals surface area contributed by atoms with Gasteiger partial charge in [-0.3, -0.25) is 4.98 Å². The number of pyridine rings is 1. The molecule has 0 unspecified atom stereocenters. The van der Waals surface area contributed by atoms with Crippen LogP contribution >= 0.6 is 0 Å². The maximum Gasteiger partial charge on any atom is 0.282 e. The van der Waals surface area contributed by atoms with Crippen LogP contribution in [-0.2, 0) is 10.2 Å². The summed E-state index contributed by atoms with van der Waals surface area (Å²) >= 11 is 0. The average Bonchev–Trinajstić information content (AvgIpc) is 2.78. The molecule has 0 saturated carbocycles. The van der Waals surface area contributed by atoms with E-state index >= 15 is 0 Å². The van der Waals surface area contributed by atoms with Crippen molar-refractivity contribution in [3.63, 3.8) is 0 Å². The van der Waals surface area contributed by atoms with Crippen LogP contribution in [-0.4, -0.2) is 42.7 Å². The van der Waals surface area contributed by atoms with Crippen LogP contribution in [0.1, 0.15) is 30.3 Å². The minimum absolute atomic E-state index is 0.128. The molecule has 2 heterocycles. The van der Waals surface area contributed by atoms with Gasteiger partial charge in [0.25, 0.3) is 10.2 Å². The first-order valence-electron chi connectivity index (χ1n) is 6.06. The zero-order valence-corrected chi connectivity index (χ0v) is 11.8. The first kappa shape index (κ1) is 13.5. The lowest BCUT2D eigenvalue weighted by molar-refractivity contribution is 0.358. The molecule has 0 radical (unpaired) electrons. The Morgan fingerprint density at radius 2 is 2.11 bits per heavy atom. The van der Waals surface area contributed by atoms with Gasteiger partial charge in [0.1, 0.15) is 0 Å². The van der Waals surface area contributed by atoms with Crippen molar-refractivity contribution in [1.82, 2.24) is 13.6 Å². The molecule has 18 heavy (non-hydrogen) atoms. The third-order valence-corrected chi connectivity index (χ3v) is 5.17. The van der Waals surface area contributed by atoms with Crippen molar-refractivity contribution in [2.45, 2.75) is 25.8 Å². The predicted molar refractivity (Wildman–Crippen MR) is 70.3 cm³/mol. The van der Waals surface area contributed by atoms with Crippen LogP contribution < -0.4 is 0 Å². The number of hydrogen-bond donors (Lipinski definition) is 0. The summed E-state index contributed by atoms with van der Waals surface area (Å²) in [5.74, 6) is 0. The van der Waals surface area contributed by atoms with Crippen LogP contribution in [0.2, 0.25) is 0 Å². The second-order valence-corrected chi connectivity index (χ2v) is 6.86. The van der Waals surface area contributed by atoms with Crippen LogP contribution in [0.25, 0.3) is 0 Å². The Morgan fingerprint density at radius 1 is 1.39 bits per heavy atom. The fraction of sp³-hybridized carbons (Fsp3) is 0.583. The zero-order valence-electron chi connectivity index (χ0n) is 11.0. The van der Waals surface area contributed by atoms with E-state index in [2.05, 4.69) is 4.98 Å². The molecule has 1 aromatic rings. The lowest BCUT2D eigenvalue weighted by Crippen LogP contribution is -2.39. The molecule has 1 aliphatic rings. The summed E-state index contributed by atoms with van der Waals surface area (Å²) in [6, 6.07) is 5.62. The van der Waals surface area contributed by atoms with E-state index in [-0.39, 0.29) is 6.04 Å². The van der Waals surface area contributed by atoms with Crippen LogP contribution in [0.15, 0.2) is 18.2 Å². The number of nitrogens with zero attached hydrogens (tertiary/aromatic N) is 3. The normalized spacial score (nSPS) is 21.7. The summed E-state index contributed by atoms with van der Waals surface area (Å²) in [4.78, 5) is 4.45. The van der Waals surface area contributed by atoms with Crippen molar-refractivity contribution >= 4 is 10.2 Å². The molecule has 2 rings (SSSR count). The van der Waals surface area contributed by atoms with Crippen molar-refractivity contribution in [3.8, 4) is 0 Å². The average molecular weight is 269 g/mol. The van der Waals surface area contributed by atoms with Crippen molar-refractivity contribution in [2.24, 2.45) is 0 Å². The number of aryl methyl sites for hydroxylation is 1. The molecule has 1 atom stereocenters. The van der Waals surface area contributed by atoms with Crippen molar-refractivity contribution in [3.05, 3.63) is 29.6 Å². The van der Waals surface area contributed by atoms with Gasteiger partial charge in [-0.1, -0.05) is 6.07 Å².